The summed E-state index contributed by atoms with van der Waals surface area (Å²) in [7, 11) is 2.93. The van der Waals surface area contributed by atoms with Crippen molar-refractivity contribution in [1.29, 1.82) is 0 Å². The predicted molar refractivity (Wildman–Crippen MR) is 131 cm³/mol. The quantitative estimate of drug-likeness (QED) is 0.235. The summed E-state index contributed by atoms with van der Waals surface area (Å²) in [6.45, 7) is -0.934. The maximum absolute atomic E-state index is 13.0. The molecule has 0 radical (unpaired) electrons. The molecule has 210 valence electrons. The molecule has 1 fully saturated rings. The fraction of sp³-hybridized carbons (Fsp3) is 0.346. The van der Waals surface area contributed by atoms with Crippen LogP contribution in [-0.2, 0) is 19.8 Å². The van der Waals surface area contributed by atoms with Crippen molar-refractivity contribution in [2.45, 2.75) is 38.0 Å². The van der Waals surface area contributed by atoms with E-state index >= 15 is 0 Å². The minimum Gasteiger partial charge on any atom is -0.481 e. The van der Waals surface area contributed by atoms with Crippen LogP contribution < -0.4 is 14.2 Å². The smallest absolute Gasteiger partial charge is 0.434 e. The molecule has 0 aliphatic heterocycles. The van der Waals surface area contributed by atoms with Crippen LogP contribution in [0.4, 0.5) is 22.0 Å². The Morgan fingerprint density at radius 1 is 1.00 bits per heavy atom. The zero-order valence-corrected chi connectivity index (χ0v) is 21.3. The molecule has 0 bridgehead atoms. The van der Waals surface area contributed by atoms with Gasteiger partial charge in [0.15, 0.2) is 17.3 Å². The molecule has 3 heterocycles. The molecule has 9 nitrogen and oxygen atoms in total. The molecule has 0 spiro atoms. The maximum Gasteiger partial charge on any atom is 0.434 e. The zero-order chi connectivity index (χ0) is 28.4. The van der Waals surface area contributed by atoms with Crippen LogP contribution in [0.1, 0.15) is 35.7 Å². The molecule has 1 aromatic carbocycles. The minimum absolute atomic E-state index is 0.0476. The summed E-state index contributed by atoms with van der Waals surface area (Å²) in [5.41, 5.74) is 1.32. The van der Waals surface area contributed by atoms with E-state index in [2.05, 4.69) is 24.9 Å². The van der Waals surface area contributed by atoms with Crippen LogP contribution in [0.3, 0.4) is 0 Å². The third-order valence-electron chi connectivity index (χ3n) is 6.06. The van der Waals surface area contributed by atoms with E-state index in [1.807, 2.05) is 0 Å². The fourth-order valence-electron chi connectivity index (χ4n) is 4.02. The first kappa shape index (κ1) is 27.2. The summed E-state index contributed by atoms with van der Waals surface area (Å²) in [5, 5.41) is 0. The molecular formula is C26H23F5N6O3. The number of benzene rings is 1. The Balaban J connectivity index is 1.40. The summed E-state index contributed by atoms with van der Waals surface area (Å²) in [5.74, 6) is 0.637. The summed E-state index contributed by atoms with van der Waals surface area (Å²) in [6, 6.07) is 6.51. The van der Waals surface area contributed by atoms with Gasteiger partial charge in [-0.05, 0) is 18.4 Å². The molecule has 0 unspecified atom stereocenters. The average molecular weight is 562 g/mol. The highest BCUT2D eigenvalue weighted by Crippen LogP contribution is 2.45. The molecule has 1 aliphatic carbocycles. The number of methoxy groups -OCH3 is 1. The van der Waals surface area contributed by atoms with Gasteiger partial charge in [-0.25, -0.2) is 28.7 Å². The number of ether oxygens (including phenoxy) is 3. The van der Waals surface area contributed by atoms with Crippen molar-refractivity contribution >= 4 is 0 Å². The molecule has 0 N–H and O–H groups in total. The number of imidazole rings is 1. The largest absolute Gasteiger partial charge is 0.481 e. The van der Waals surface area contributed by atoms with E-state index < -0.39 is 24.9 Å². The van der Waals surface area contributed by atoms with E-state index in [4.69, 9.17) is 14.2 Å². The van der Waals surface area contributed by atoms with Crippen molar-refractivity contribution in [1.82, 2.24) is 29.5 Å². The Morgan fingerprint density at radius 2 is 1.75 bits per heavy atom. The van der Waals surface area contributed by atoms with E-state index in [9.17, 15) is 22.0 Å². The van der Waals surface area contributed by atoms with E-state index in [-0.39, 0.29) is 41.7 Å². The highest BCUT2D eigenvalue weighted by Gasteiger charge is 2.35. The van der Waals surface area contributed by atoms with Gasteiger partial charge >= 0.3 is 6.18 Å². The standard InChI is InChI=1S/C26H23F5N6O3/c1-37-10-18(26(29,30)31)35-23(37)16-5-3-14(4-6-16)11-40-24-17(39-12-19(27)28)9-32-22(36-24)20-21(15-7-8-15)33-13-34-25(20)38-2/h3-6,9-10,13,15,19H,7-8,11-12H2,1-2H3. The molecule has 1 aliphatic rings. The van der Waals surface area contributed by atoms with Crippen LogP contribution in [0.2, 0.25) is 0 Å². The number of rotatable bonds is 10. The van der Waals surface area contributed by atoms with Crippen LogP contribution in [-0.4, -0.2) is 49.6 Å². The Kier molecular flexibility index (Phi) is 7.50. The SMILES string of the molecule is COc1ncnc(C2CC2)c1-c1ncc(OCC(F)F)c(OCc2ccc(-c3nc(C(F)(F)F)cn3C)cc2)n1. The molecule has 3 aromatic heterocycles. The van der Waals surface area contributed by atoms with Gasteiger partial charge in [0.05, 0.1) is 19.0 Å². The first-order valence-electron chi connectivity index (χ1n) is 12.1. The third-order valence-corrected chi connectivity index (χ3v) is 6.06. The van der Waals surface area contributed by atoms with E-state index in [0.29, 0.717) is 16.7 Å². The number of aryl methyl sites for hydroxylation is 1. The second-order valence-electron chi connectivity index (χ2n) is 9.03. The second kappa shape index (κ2) is 11.0. The van der Waals surface area contributed by atoms with Crippen molar-refractivity contribution in [3.63, 3.8) is 0 Å². The van der Waals surface area contributed by atoms with Crippen LogP contribution in [0.15, 0.2) is 43.0 Å². The van der Waals surface area contributed by atoms with Gasteiger partial charge < -0.3 is 18.8 Å². The Labute approximate surface area is 225 Å². The first-order valence-corrected chi connectivity index (χ1v) is 12.1. The van der Waals surface area contributed by atoms with Crippen LogP contribution in [0, 0.1) is 0 Å². The molecule has 0 amide bonds. The molecule has 1 saturated carbocycles. The minimum atomic E-state index is -4.56. The zero-order valence-electron chi connectivity index (χ0n) is 21.3. The van der Waals surface area contributed by atoms with Crippen molar-refractivity contribution in [2.24, 2.45) is 7.05 Å². The topological polar surface area (TPSA) is 97.1 Å². The van der Waals surface area contributed by atoms with Gasteiger partial charge in [0.1, 0.15) is 30.9 Å². The van der Waals surface area contributed by atoms with Crippen molar-refractivity contribution in [2.75, 3.05) is 13.7 Å². The number of halogens is 5. The maximum atomic E-state index is 13.0. The van der Waals surface area contributed by atoms with Crippen molar-refractivity contribution in [3.05, 3.63) is 59.9 Å². The van der Waals surface area contributed by atoms with Gasteiger partial charge in [0, 0.05) is 24.7 Å². The van der Waals surface area contributed by atoms with Gasteiger partial charge in [-0.15, -0.1) is 0 Å². The lowest BCUT2D eigenvalue weighted by Crippen LogP contribution is -2.10. The van der Waals surface area contributed by atoms with E-state index in [1.165, 1.54) is 31.2 Å². The monoisotopic (exact) mass is 562 g/mol. The molecule has 0 saturated heterocycles. The van der Waals surface area contributed by atoms with Crippen molar-refractivity contribution in [3.8, 4) is 40.3 Å². The lowest BCUT2D eigenvalue weighted by molar-refractivity contribution is -0.140. The van der Waals surface area contributed by atoms with Crippen LogP contribution in [0.5, 0.6) is 17.5 Å². The molecule has 40 heavy (non-hydrogen) atoms. The molecule has 14 heteroatoms. The lowest BCUT2D eigenvalue weighted by Gasteiger charge is -2.15. The predicted octanol–water partition coefficient (Wildman–Crippen LogP) is 5.46. The van der Waals surface area contributed by atoms with Crippen LogP contribution in [0.25, 0.3) is 22.8 Å². The Hall–Kier alpha value is -4.36. The Morgan fingerprint density at radius 3 is 2.38 bits per heavy atom. The highest BCUT2D eigenvalue weighted by atomic mass is 19.4. The van der Waals surface area contributed by atoms with Gasteiger partial charge in [-0.2, -0.15) is 18.2 Å². The molecule has 0 atom stereocenters. The highest BCUT2D eigenvalue weighted by molar-refractivity contribution is 5.66. The van der Waals surface area contributed by atoms with Gasteiger partial charge in [-0.1, -0.05) is 24.3 Å². The van der Waals surface area contributed by atoms with E-state index in [0.717, 1.165) is 24.7 Å². The first-order chi connectivity index (χ1) is 19.1. The second-order valence-corrected chi connectivity index (χ2v) is 9.03. The number of hydrogen-bond acceptors (Lipinski definition) is 8. The lowest BCUT2D eigenvalue weighted by atomic mass is 10.1. The molecular weight excluding hydrogens is 539 g/mol. The summed E-state index contributed by atoms with van der Waals surface area (Å²) >= 11 is 0. The van der Waals surface area contributed by atoms with Gasteiger partial charge in [-0.3, -0.25) is 0 Å². The van der Waals surface area contributed by atoms with Gasteiger partial charge in [0.25, 0.3) is 12.3 Å². The molecule has 5 rings (SSSR count). The number of alkyl halides is 5. The van der Waals surface area contributed by atoms with Crippen molar-refractivity contribution < 1.29 is 36.2 Å². The fourth-order valence-corrected chi connectivity index (χ4v) is 4.02. The van der Waals surface area contributed by atoms with E-state index in [1.54, 1.807) is 24.3 Å². The average Bonchev–Trinajstić information content (AvgIpc) is 3.70. The Bertz CT molecular complexity index is 1490. The van der Waals surface area contributed by atoms with Gasteiger partial charge in [0.2, 0.25) is 5.88 Å². The number of aromatic nitrogens is 6. The summed E-state index contributed by atoms with van der Waals surface area (Å²) < 4.78 is 82.5. The molecule has 4 aromatic rings. The third kappa shape index (κ3) is 5.95. The number of hydrogen-bond donors (Lipinski definition) is 0. The van der Waals surface area contributed by atoms with Crippen LogP contribution >= 0.6 is 0 Å². The number of nitrogens with zero attached hydrogens (tertiary/aromatic N) is 6. The summed E-state index contributed by atoms with van der Waals surface area (Å²) in [4.78, 5) is 20.9. The normalized spacial score (nSPS) is 13.5. The summed E-state index contributed by atoms with van der Waals surface area (Å²) in [6.07, 6.45) is -1.85.